The summed E-state index contributed by atoms with van der Waals surface area (Å²) in [7, 11) is 1.65. The number of amides is 1. The smallest absolute Gasteiger partial charge is 0.252 e. The van der Waals surface area contributed by atoms with E-state index in [1.165, 1.54) is 0 Å². The summed E-state index contributed by atoms with van der Waals surface area (Å²) in [5.41, 5.74) is 1.83. The number of carbonyl (C=O) groups excluding carboxylic acids is 1. The average Bonchev–Trinajstić information content (AvgIpc) is 2.97. The molecule has 0 saturated carbocycles. The summed E-state index contributed by atoms with van der Waals surface area (Å²) in [5, 5.41) is 2.96. The Kier molecular flexibility index (Phi) is 4.91. The van der Waals surface area contributed by atoms with E-state index in [4.69, 9.17) is 4.74 Å². The number of carbonyl (C=O) groups is 1. The first-order valence-electron chi connectivity index (χ1n) is 7.50. The normalized spacial score (nSPS) is 11.3. The topological polar surface area (TPSA) is 43.3 Å². The van der Waals surface area contributed by atoms with Crippen LogP contribution in [0.1, 0.15) is 36.7 Å². The third-order valence-corrected chi connectivity index (χ3v) is 3.56. The van der Waals surface area contributed by atoms with Crippen LogP contribution < -0.4 is 10.1 Å². The zero-order chi connectivity index (χ0) is 16.2. The van der Waals surface area contributed by atoms with Crippen LogP contribution >= 0.6 is 0 Å². The van der Waals surface area contributed by atoms with Gasteiger partial charge in [-0.25, -0.2) is 0 Å². The molecule has 0 aliphatic rings. The van der Waals surface area contributed by atoms with Crippen molar-refractivity contribution in [1.29, 1.82) is 0 Å². The lowest BCUT2D eigenvalue weighted by atomic mass is 10.1. The summed E-state index contributed by atoms with van der Waals surface area (Å²) in [4.78, 5) is 12.1. The molecule has 0 atom stereocenters. The summed E-state index contributed by atoms with van der Waals surface area (Å²) in [6, 6.07) is 9.75. The molecule has 0 aliphatic heterocycles. The lowest BCUT2D eigenvalue weighted by molar-refractivity contribution is 0.0954. The molecule has 0 radical (unpaired) electrons. The molecule has 2 rings (SSSR count). The van der Waals surface area contributed by atoms with Gasteiger partial charge in [-0.2, -0.15) is 0 Å². The SMILES string of the molecule is COc1cccc(CCNC(=O)c2ccn(C(C)(C)C)c2)c1. The van der Waals surface area contributed by atoms with Gasteiger partial charge in [0, 0.05) is 24.5 Å². The van der Waals surface area contributed by atoms with Crippen molar-refractivity contribution in [2.45, 2.75) is 32.7 Å². The Labute approximate surface area is 132 Å². The van der Waals surface area contributed by atoms with Gasteiger partial charge in [0.15, 0.2) is 0 Å². The third kappa shape index (κ3) is 4.13. The first-order chi connectivity index (χ1) is 10.4. The molecule has 118 valence electrons. The summed E-state index contributed by atoms with van der Waals surface area (Å²) < 4.78 is 7.24. The van der Waals surface area contributed by atoms with Crippen molar-refractivity contribution in [2.75, 3.05) is 13.7 Å². The Morgan fingerprint density at radius 3 is 2.68 bits per heavy atom. The largest absolute Gasteiger partial charge is 0.497 e. The fourth-order valence-corrected chi connectivity index (χ4v) is 2.20. The molecule has 0 fully saturated rings. The predicted molar refractivity (Wildman–Crippen MR) is 88.5 cm³/mol. The summed E-state index contributed by atoms with van der Waals surface area (Å²) in [6.45, 7) is 6.93. The lowest BCUT2D eigenvalue weighted by Crippen LogP contribution is -2.26. The maximum absolute atomic E-state index is 12.1. The zero-order valence-electron chi connectivity index (χ0n) is 13.7. The van der Waals surface area contributed by atoms with Crippen molar-refractivity contribution in [3.8, 4) is 5.75 Å². The molecule has 4 nitrogen and oxygen atoms in total. The number of benzene rings is 1. The second-order valence-electron chi connectivity index (χ2n) is 6.34. The van der Waals surface area contributed by atoms with Crippen LogP contribution in [0.2, 0.25) is 0 Å². The molecule has 0 bridgehead atoms. The molecule has 22 heavy (non-hydrogen) atoms. The van der Waals surface area contributed by atoms with Gasteiger partial charge in [0.25, 0.3) is 5.91 Å². The Bertz CT molecular complexity index is 639. The molecular formula is C18H24N2O2. The van der Waals surface area contributed by atoms with Gasteiger partial charge in [0.05, 0.1) is 12.7 Å². The second kappa shape index (κ2) is 6.69. The fourth-order valence-electron chi connectivity index (χ4n) is 2.20. The Hall–Kier alpha value is -2.23. The van der Waals surface area contributed by atoms with Crippen molar-refractivity contribution >= 4 is 5.91 Å². The predicted octanol–water partition coefficient (Wildman–Crippen LogP) is 3.22. The van der Waals surface area contributed by atoms with E-state index in [2.05, 4.69) is 26.1 Å². The molecule has 1 heterocycles. The lowest BCUT2D eigenvalue weighted by Gasteiger charge is -2.20. The van der Waals surface area contributed by atoms with Crippen LogP contribution in [0.25, 0.3) is 0 Å². The van der Waals surface area contributed by atoms with E-state index >= 15 is 0 Å². The van der Waals surface area contributed by atoms with Crippen molar-refractivity contribution in [2.24, 2.45) is 0 Å². The number of nitrogens with zero attached hydrogens (tertiary/aromatic N) is 1. The van der Waals surface area contributed by atoms with Crippen LogP contribution in [0.15, 0.2) is 42.7 Å². The van der Waals surface area contributed by atoms with E-state index in [0.717, 1.165) is 17.7 Å². The van der Waals surface area contributed by atoms with Crippen LogP contribution in [0, 0.1) is 0 Å². The maximum Gasteiger partial charge on any atom is 0.252 e. The summed E-state index contributed by atoms with van der Waals surface area (Å²) >= 11 is 0. The van der Waals surface area contributed by atoms with Crippen LogP contribution in [0.4, 0.5) is 0 Å². The molecule has 0 aliphatic carbocycles. The summed E-state index contributed by atoms with van der Waals surface area (Å²) in [6.07, 6.45) is 4.61. The van der Waals surface area contributed by atoms with E-state index in [1.54, 1.807) is 7.11 Å². The molecule has 1 aromatic carbocycles. The average molecular weight is 300 g/mol. The minimum Gasteiger partial charge on any atom is -0.497 e. The van der Waals surface area contributed by atoms with Crippen LogP contribution in [0.5, 0.6) is 5.75 Å². The highest BCUT2D eigenvalue weighted by atomic mass is 16.5. The number of methoxy groups -OCH3 is 1. The van der Waals surface area contributed by atoms with E-state index in [1.807, 2.05) is 47.3 Å². The van der Waals surface area contributed by atoms with Gasteiger partial charge in [-0.05, 0) is 51.0 Å². The Balaban J connectivity index is 1.89. The molecule has 1 aromatic heterocycles. The molecule has 0 saturated heterocycles. The van der Waals surface area contributed by atoms with Crippen molar-refractivity contribution in [1.82, 2.24) is 9.88 Å². The minimum atomic E-state index is -0.0362. The molecule has 4 heteroatoms. The Morgan fingerprint density at radius 2 is 2.05 bits per heavy atom. The first-order valence-corrected chi connectivity index (χ1v) is 7.50. The summed E-state index contributed by atoms with van der Waals surface area (Å²) in [5.74, 6) is 0.803. The molecule has 0 unspecified atom stereocenters. The van der Waals surface area contributed by atoms with E-state index in [0.29, 0.717) is 12.1 Å². The van der Waals surface area contributed by atoms with Gasteiger partial charge >= 0.3 is 0 Å². The molecular weight excluding hydrogens is 276 g/mol. The molecule has 1 N–H and O–H groups in total. The fraction of sp³-hybridized carbons (Fsp3) is 0.389. The number of nitrogens with one attached hydrogen (secondary N) is 1. The van der Waals surface area contributed by atoms with Gasteiger partial charge in [-0.1, -0.05) is 12.1 Å². The number of hydrogen-bond donors (Lipinski definition) is 1. The Morgan fingerprint density at radius 1 is 1.27 bits per heavy atom. The second-order valence-corrected chi connectivity index (χ2v) is 6.34. The number of hydrogen-bond acceptors (Lipinski definition) is 2. The van der Waals surface area contributed by atoms with Crippen molar-refractivity contribution in [3.63, 3.8) is 0 Å². The number of rotatable bonds is 5. The number of ether oxygens (including phenoxy) is 1. The maximum atomic E-state index is 12.1. The van der Waals surface area contributed by atoms with Gasteiger partial charge in [0.2, 0.25) is 0 Å². The van der Waals surface area contributed by atoms with Crippen LogP contribution in [0.3, 0.4) is 0 Å². The van der Waals surface area contributed by atoms with Gasteiger partial charge in [0.1, 0.15) is 5.75 Å². The van der Waals surface area contributed by atoms with Crippen molar-refractivity contribution < 1.29 is 9.53 Å². The first kappa shape index (κ1) is 16.1. The van der Waals surface area contributed by atoms with Crippen LogP contribution in [-0.4, -0.2) is 24.1 Å². The standard InChI is InChI=1S/C18H24N2O2/c1-18(2,3)20-11-9-15(13-20)17(21)19-10-8-14-6-5-7-16(12-14)22-4/h5-7,9,11-13H,8,10H2,1-4H3,(H,19,21). The highest BCUT2D eigenvalue weighted by Gasteiger charge is 2.14. The van der Waals surface area contributed by atoms with Crippen molar-refractivity contribution in [3.05, 3.63) is 53.9 Å². The van der Waals surface area contributed by atoms with Gasteiger partial charge in [-0.3, -0.25) is 4.79 Å². The highest BCUT2D eigenvalue weighted by molar-refractivity contribution is 5.94. The van der Waals surface area contributed by atoms with Gasteiger partial charge < -0.3 is 14.6 Å². The quantitative estimate of drug-likeness (QED) is 0.921. The highest BCUT2D eigenvalue weighted by Crippen LogP contribution is 2.16. The minimum absolute atomic E-state index is 0.0148. The number of aromatic nitrogens is 1. The third-order valence-electron chi connectivity index (χ3n) is 3.56. The molecule has 2 aromatic rings. The van der Waals surface area contributed by atoms with Crippen LogP contribution in [-0.2, 0) is 12.0 Å². The molecule has 1 amide bonds. The molecule has 0 spiro atoms. The van der Waals surface area contributed by atoms with Gasteiger partial charge in [-0.15, -0.1) is 0 Å². The van der Waals surface area contributed by atoms with E-state index in [-0.39, 0.29) is 11.4 Å². The zero-order valence-corrected chi connectivity index (χ0v) is 13.7. The van der Waals surface area contributed by atoms with E-state index in [9.17, 15) is 4.79 Å². The van der Waals surface area contributed by atoms with E-state index < -0.39 is 0 Å². The monoisotopic (exact) mass is 300 g/mol.